The normalized spacial score (nSPS) is 25.4. The van der Waals surface area contributed by atoms with Crippen LogP contribution in [0.25, 0.3) is 0 Å². The first-order valence-corrected chi connectivity index (χ1v) is 5.96. The lowest BCUT2D eigenvalue weighted by molar-refractivity contribution is -0.138. The first-order valence-electron chi connectivity index (χ1n) is 4.53. The largest absolute Gasteiger partial charge is 0.480 e. The van der Waals surface area contributed by atoms with Crippen LogP contribution in [-0.2, 0) is 4.79 Å². The monoisotopic (exact) mass is 243 g/mol. The fourth-order valence-corrected chi connectivity index (χ4v) is 3.06. The van der Waals surface area contributed by atoms with E-state index in [2.05, 4.69) is 5.32 Å². The smallest absolute Gasteiger partial charge is 0.321 e. The summed E-state index contributed by atoms with van der Waals surface area (Å²) in [5.74, 6) is -0.234. The predicted octanol–water partition coefficient (Wildman–Crippen LogP) is 2.13. The van der Waals surface area contributed by atoms with Gasteiger partial charge in [-0.1, -0.05) is 29.8 Å². The maximum absolute atomic E-state index is 10.8. The van der Waals surface area contributed by atoms with E-state index in [1.54, 1.807) is 11.8 Å². The van der Waals surface area contributed by atoms with E-state index in [1.165, 1.54) is 0 Å². The molecule has 1 aliphatic rings. The molecule has 0 amide bonds. The molecule has 1 aliphatic heterocycles. The molecule has 1 heterocycles. The van der Waals surface area contributed by atoms with Crippen LogP contribution in [0.4, 0.5) is 0 Å². The van der Waals surface area contributed by atoms with Crippen molar-refractivity contribution in [1.29, 1.82) is 0 Å². The molecule has 0 radical (unpaired) electrons. The number of thioether (sulfide) groups is 1. The number of halogens is 1. The van der Waals surface area contributed by atoms with Gasteiger partial charge in [0.2, 0.25) is 0 Å². The van der Waals surface area contributed by atoms with E-state index in [0.29, 0.717) is 10.8 Å². The Morgan fingerprint density at radius 1 is 1.53 bits per heavy atom. The highest BCUT2D eigenvalue weighted by Crippen LogP contribution is 2.36. The summed E-state index contributed by atoms with van der Waals surface area (Å²) in [5.41, 5.74) is 0.952. The highest BCUT2D eigenvalue weighted by atomic mass is 35.5. The quantitative estimate of drug-likeness (QED) is 0.836. The lowest BCUT2D eigenvalue weighted by atomic mass is 10.2. The molecule has 5 heteroatoms. The first kappa shape index (κ1) is 10.8. The Morgan fingerprint density at radius 3 is 2.87 bits per heavy atom. The second-order valence-corrected chi connectivity index (χ2v) is 4.84. The number of carboxylic acid groups (broad SMARTS) is 1. The van der Waals surface area contributed by atoms with Gasteiger partial charge in [0.05, 0.1) is 5.37 Å². The maximum Gasteiger partial charge on any atom is 0.321 e. The van der Waals surface area contributed by atoms with Gasteiger partial charge in [0.1, 0.15) is 6.04 Å². The molecule has 3 nitrogen and oxygen atoms in total. The standard InChI is InChI=1S/C10H10ClNO2S/c11-7-4-2-1-3-6(7)9-12-8(5-15-9)10(13)14/h1-4,8-9,12H,5H2,(H,13,14)/t8-,9+/m1/s1. The topological polar surface area (TPSA) is 49.3 Å². The highest BCUT2D eigenvalue weighted by molar-refractivity contribution is 7.99. The average molecular weight is 244 g/mol. The summed E-state index contributed by atoms with van der Waals surface area (Å²) in [6.45, 7) is 0. The maximum atomic E-state index is 10.8. The summed E-state index contributed by atoms with van der Waals surface area (Å²) in [5, 5.41) is 12.5. The molecule has 1 saturated heterocycles. The van der Waals surface area contributed by atoms with Crippen molar-refractivity contribution in [3.05, 3.63) is 34.9 Å². The number of hydrogen-bond donors (Lipinski definition) is 2. The van der Waals surface area contributed by atoms with Gasteiger partial charge in [0, 0.05) is 10.8 Å². The minimum Gasteiger partial charge on any atom is -0.480 e. The van der Waals surface area contributed by atoms with Crippen LogP contribution in [0.1, 0.15) is 10.9 Å². The van der Waals surface area contributed by atoms with Gasteiger partial charge in [-0.25, -0.2) is 0 Å². The van der Waals surface area contributed by atoms with E-state index >= 15 is 0 Å². The molecule has 0 aliphatic carbocycles. The van der Waals surface area contributed by atoms with Crippen molar-refractivity contribution in [2.24, 2.45) is 0 Å². The molecule has 1 aromatic rings. The minimum atomic E-state index is -0.808. The van der Waals surface area contributed by atoms with Crippen LogP contribution in [0.5, 0.6) is 0 Å². The van der Waals surface area contributed by atoms with E-state index in [0.717, 1.165) is 5.56 Å². The van der Waals surface area contributed by atoms with Gasteiger partial charge in [0.15, 0.2) is 0 Å². The zero-order valence-electron chi connectivity index (χ0n) is 7.81. The fourth-order valence-electron chi connectivity index (χ4n) is 1.48. The third kappa shape index (κ3) is 2.27. The average Bonchev–Trinajstić information content (AvgIpc) is 2.67. The van der Waals surface area contributed by atoms with Gasteiger partial charge < -0.3 is 5.11 Å². The Hall–Kier alpha value is -0.710. The first-order chi connectivity index (χ1) is 7.18. The van der Waals surface area contributed by atoms with Gasteiger partial charge in [0.25, 0.3) is 0 Å². The van der Waals surface area contributed by atoms with Gasteiger partial charge >= 0.3 is 5.97 Å². The van der Waals surface area contributed by atoms with Crippen molar-refractivity contribution in [3.63, 3.8) is 0 Å². The number of aliphatic carboxylic acids is 1. The zero-order chi connectivity index (χ0) is 10.8. The highest BCUT2D eigenvalue weighted by Gasteiger charge is 2.30. The third-order valence-corrected chi connectivity index (χ3v) is 3.86. The summed E-state index contributed by atoms with van der Waals surface area (Å²) < 4.78 is 0. The van der Waals surface area contributed by atoms with Crippen LogP contribution in [-0.4, -0.2) is 22.9 Å². The van der Waals surface area contributed by atoms with E-state index in [4.69, 9.17) is 16.7 Å². The molecule has 2 atom stereocenters. The van der Waals surface area contributed by atoms with Crippen molar-refractivity contribution >= 4 is 29.3 Å². The van der Waals surface area contributed by atoms with Crippen molar-refractivity contribution in [3.8, 4) is 0 Å². The lowest BCUT2D eigenvalue weighted by Gasteiger charge is -2.12. The molecule has 0 unspecified atom stereocenters. The van der Waals surface area contributed by atoms with Gasteiger partial charge in [-0.15, -0.1) is 11.8 Å². The van der Waals surface area contributed by atoms with E-state index in [-0.39, 0.29) is 5.37 Å². The minimum absolute atomic E-state index is 0.0141. The van der Waals surface area contributed by atoms with Crippen LogP contribution in [0.15, 0.2) is 24.3 Å². The van der Waals surface area contributed by atoms with Crippen LogP contribution < -0.4 is 5.32 Å². The summed E-state index contributed by atoms with van der Waals surface area (Å²) >= 11 is 7.60. The van der Waals surface area contributed by atoms with E-state index < -0.39 is 12.0 Å². The Kier molecular flexibility index (Phi) is 3.19. The van der Waals surface area contributed by atoms with Crippen molar-refractivity contribution in [1.82, 2.24) is 5.32 Å². The molecule has 0 aromatic heterocycles. The molecule has 0 saturated carbocycles. The lowest BCUT2D eigenvalue weighted by Crippen LogP contribution is -2.33. The fraction of sp³-hybridized carbons (Fsp3) is 0.300. The summed E-state index contributed by atoms with van der Waals surface area (Å²) in [7, 11) is 0. The number of carboxylic acids is 1. The number of carbonyl (C=O) groups is 1. The molecule has 2 rings (SSSR count). The predicted molar refractivity (Wildman–Crippen MR) is 61.2 cm³/mol. The molecule has 80 valence electrons. The zero-order valence-corrected chi connectivity index (χ0v) is 9.39. The van der Waals surface area contributed by atoms with Crippen molar-refractivity contribution in [2.75, 3.05) is 5.75 Å². The molecule has 2 N–H and O–H groups in total. The van der Waals surface area contributed by atoms with Crippen LogP contribution in [0.3, 0.4) is 0 Å². The molecule has 0 spiro atoms. The molecular formula is C10H10ClNO2S. The molecular weight excluding hydrogens is 234 g/mol. The van der Waals surface area contributed by atoms with Crippen molar-refractivity contribution < 1.29 is 9.90 Å². The second-order valence-electron chi connectivity index (χ2n) is 3.29. The Bertz CT molecular complexity index is 385. The van der Waals surface area contributed by atoms with Gasteiger partial charge in [-0.05, 0) is 11.6 Å². The number of rotatable bonds is 2. The Labute approximate surface area is 96.8 Å². The second kappa shape index (κ2) is 4.43. The SMILES string of the molecule is O=C(O)[C@H]1CS[C@@H](c2ccccc2Cl)N1. The van der Waals surface area contributed by atoms with Gasteiger partial charge in [-0.3, -0.25) is 10.1 Å². The third-order valence-electron chi connectivity index (χ3n) is 2.27. The molecule has 1 aromatic carbocycles. The summed E-state index contributed by atoms with van der Waals surface area (Å²) in [4.78, 5) is 10.8. The Morgan fingerprint density at radius 2 is 2.27 bits per heavy atom. The van der Waals surface area contributed by atoms with E-state index in [1.807, 2.05) is 24.3 Å². The van der Waals surface area contributed by atoms with Crippen LogP contribution >= 0.6 is 23.4 Å². The number of benzene rings is 1. The van der Waals surface area contributed by atoms with Crippen molar-refractivity contribution in [2.45, 2.75) is 11.4 Å². The molecule has 1 fully saturated rings. The molecule has 15 heavy (non-hydrogen) atoms. The van der Waals surface area contributed by atoms with Crippen LogP contribution in [0, 0.1) is 0 Å². The summed E-state index contributed by atoms with van der Waals surface area (Å²) in [6.07, 6.45) is 0. The van der Waals surface area contributed by atoms with Crippen LogP contribution in [0.2, 0.25) is 5.02 Å². The Balaban J connectivity index is 2.14. The van der Waals surface area contributed by atoms with E-state index in [9.17, 15) is 4.79 Å². The number of hydrogen-bond acceptors (Lipinski definition) is 3. The summed E-state index contributed by atoms with van der Waals surface area (Å²) in [6, 6.07) is 7.01. The molecule has 0 bridgehead atoms. The van der Waals surface area contributed by atoms with Gasteiger partial charge in [-0.2, -0.15) is 0 Å². The number of nitrogens with one attached hydrogen (secondary N) is 1.